The van der Waals surface area contributed by atoms with Crippen LogP contribution in [0.25, 0.3) is 0 Å². The van der Waals surface area contributed by atoms with Crippen molar-refractivity contribution >= 4 is 5.91 Å². The van der Waals surface area contributed by atoms with Gasteiger partial charge in [-0.05, 0) is 47.4 Å². The average Bonchev–Trinajstić information content (AvgIpc) is 3.27. The minimum absolute atomic E-state index is 0.0208. The van der Waals surface area contributed by atoms with Gasteiger partial charge in [0.2, 0.25) is 5.91 Å². The normalized spacial score (nSPS) is 18.2. The molecule has 1 aliphatic rings. The number of amides is 1. The maximum atomic E-state index is 13.5. The van der Waals surface area contributed by atoms with Gasteiger partial charge in [0.15, 0.2) is 11.5 Å². The average molecular weight is 449 g/mol. The van der Waals surface area contributed by atoms with E-state index < -0.39 is 0 Å². The van der Waals surface area contributed by atoms with Crippen LogP contribution in [0.2, 0.25) is 0 Å². The number of carbonyl (C=O) groups excluding carboxylic acids is 1. The molecule has 33 heavy (non-hydrogen) atoms. The van der Waals surface area contributed by atoms with Crippen molar-refractivity contribution in [1.82, 2.24) is 10.2 Å². The predicted octanol–water partition coefficient (Wildman–Crippen LogP) is 4.72. The first-order valence-electron chi connectivity index (χ1n) is 11.1. The van der Waals surface area contributed by atoms with Crippen molar-refractivity contribution in [2.75, 3.05) is 20.8 Å². The van der Waals surface area contributed by atoms with E-state index in [4.69, 9.17) is 9.47 Å². The van der Waals surface area contributed by atoms with Crippen molar-refractivity contribution in [3.8, 4) is 11.5 Å². The number of carbonyl (C=O) groups is 1. The lowest BCUT2D eigenvalue weighted by Gasteiger charge is -2.24. The molecule has 0 bridgehead atoms. The summed E-state index contributed by atoms with van der Waals surface area (Å²) in [4.78, 5) is 15.4. The Morgan fingerprint density at radius 1 is 0.970 bits per heavy atom. The molecular formula is C27H29FN2O3. The van der Waals surface area contributed by atoms with Gasteiger partial charge in [-0.3, -0.25) is 9.69 Å². The number of rotatable bonds is 8. The van der Waals surface area contributed by atoms with E-state index in [1.807, 2.05) is 48.5 Å². The van der Waals surface area contributed by atoms with E-state index in [0.717, 1.165) is 17.7 Å². The van der Waals surface area contributed by atoms with Crippen LogP contribution in [0.15, 0.2) is 72.8 Å². The van der Waals surface area contributed by atoms with Crippen LogP contribution in [0, 0.1) is 11.7 Å². The van der Waals surface area contributed by atoms with E-state index >= 15 is 0 Å². The van der Waals surface area contributed by atoms with Gasteiger partial charge in [-0.1, -0.05) is 48.5 Å². The van der Waals surface area contributed by atoms with Gasteiger partial charge in [0.1, 0.15) is 5.82 Å². The number of hydrogen-bond acceptors (Lipinski definition) is 4. The van der Waals surface area contributed by atoms with Crippen LogP contribution in [-0.4, -0.2) is 31.6 Å². The van der Waals surface area contributed by atoms with Crippen molar-refractivity contribution in [2.24, 2.45) is 5.92 Å². The number of methoxy groups -OCH3 is 2. The molecule has 2 atom stereocenters. The molecule has 1 saturated heterocycles. The van der Waals surface area contributed by atoms with Crippen LogP contribution in [-0.2, 0) is 17.9 Å². The molecule has 0 aromatic heterocycles. The van der Waals surface area contributed by atoms with Crippen molar-refractivity contribution in [2.45, 2.75) is 25.6 Å². The zero-order valence-electron chi connectivity index (χ0n) is 19.0. The molecule has 1 amide bonds. The highest BCUT2D eigenvalue weighted by Gasteiger charge is 2.36. The molecule has 1 heterocycles. The van der Waals surface area contributed by atoms with Gasteiger partial charge in [-0.25, -0.2) is 4.39 Å². The quantitative estimate of drug-likeness (QED) is 0.542. The first kappa shape index (κ1) is 22.8. The van der Waals surface area contributed by atoms with Crippen LogP contribution < -0.4 is 14.8 Å². The molecule has 0 saturated carbocycles. The second-order valence-electron chi connectivity index (χ2n) is 8.32. The maximum Gasteiger partial charge on any atom is 0.224 e. The molecule has 1 N–H and O–H groups in total. The van der Waals surface area contributed by atoms with E-state index in [9.17, 15) is 9.18 Å². The molecular weight excluding hydrogens is 419 g/mol. The largest absolute Gasteiger partial charge is 0.493 e. The lowest BCUT2D eigenvalue weighted by atomic mass is 9.99. The highest BCUT2D eigenvalue weighted by Crippen LogP contribution is 2.37. The van der Waals surface area contributed by atoms with Crippen LogP contribution in [0.5, 0.6) is 11.5 Å². The summed E-state index contributed by atoms with van der Waals surface area (Å²) < 4.78 is 24.1. The molecule has 4 rings (SSSR count). The van der Waals surface area contributed by atoms with Crippen molar-refractivity contribution < 1.29 is 18.7 Å². The zero-order valence-corrected chi connectivity index (χ0v) is 19.0. The fourth-order valence-electron chi connectivity index (χ4n) is 4.44. The molecule has 3 aromatic carbocycles. The van der Waals surface area contributed by atoms with E-state index in [1.54, 1.807) is 14.2 Å². The van der Waals surface area contributed by atoms with Crippen molar-refractivity contribution in [3.63, 3.8) is 0 Å². The third-order valence-electron chi connectivity index (χ3n) is 6.17. The molecule has 1 aliphatic heterocycles. The van der Waals surface area contributed by atoms with Crippen LogP contribution >= 0.6 is 0 Å². The van der Waals surface area contributed by atoms with Crippen molar-refractivity contribution in [3.05, 3.63) is 95.3 Å². The molecule has 3 aromatic rings. The number of likely N-dealkylation sites (tertiary alicyclic amines) is 1. The number of halogens is 1. The van der Waals surface area contributed by atoms with E-state index in [2.05, 4.69) is 22.3 Å². The Balaban J connectivity index is 1.45. The standard InChI is InChI=1S/C27H29FN2O3/c1-32-25-13-8-20(14-26(25)33-2)16-29-27(31)22-15-24(21-9-11-23(28)12-10-21)30(18-22)17-19-6-4-3-5-7-19/h3-14,22,24H,15-18H2,1-2H3,(H,29,31)/t22-,24+/m1/s1. The van der Waals surface area contributed by atoms with Crippen LogP contribution in [0.3, 0.4) is 0 Å². The number of benzene rings is 3. The Hall–Kier alpha value is -3.38. The maximum absolute atomic E-state index is 13.5. The summed E-state index contributed by atoms with van der Waals surface area (Å²) in [6.45, 7) is 1.80. The molecule has 0 radical (unpaired) electrons. The summed E-state index contributed by atoms with van der Waals surface area (Å²) in [6, 6.07) is 22.5. The fraction of sp³-hybridized carbons (Fsp3) is 0.296. The van der Waals surface area contributed by atoms with E-state index in [1.165, 1.54) is 17.7 Å². The van der Waals surface area contributed by atoms with Gasteiger partial charge in [-0.15, -0.1) is 0 Å². The molecule has 0 spiro atoms. The molecule has 1 fully saturated rings. The van der Waals surface area contributed by atoms with Crippen LogP contribution in [0.4, 0.5) is 4.39 Å². The second-order valence-corrected chi connectivity index (χ2v) is 8.32. The smallest absolute Gasteiger partial charge is 0.224 e. The van der Waals surface area contributed by atoms with Gasteiger partial charge in [0.05, 0.1) is 20.1 Å². The summed E-state index contributed by atoms with van der Waals surface area (Å²) in [7, 11) is 3.19. The molecule has 172 valence electrons. The highest BCUT2D eigenvalue weighted by atomic mass is 19.1. The third-order valence-corrected chi connectivity index (χ3v) is 6.17. The topological polar surface area (TPSA) is 50.8 Å². The number of nitrogens with one attached hydrogen (secondary N) is 1. The SMILES string of the molecule is COc1ccc(CNC(=O)[C@@H]2C[C@@H](c3ccc(F)cc3)N(Cc3ccccc3)C2)cc1OC. The summed E-state index contributed by atoms with van der Waals surface area (Å²) >= 11 is 0. The first-order valence-corrected chi connectivity index (χ1v) is 11.1. The number of ether oxygens (including phenoxy) is 2. The Morgan fingerprint density at radius 2 is 1.70 bits per heavy atom. The second kappa shape index (κ2) is 10.5. The Morgan fingerprint density at radius 3 is 2.39 bits per heavy atom. The zero-order chi connectivity index (χ0) is 23.2. The minimum Gasteiger partial charge on any atom is -0.493 e. The van der Waals surface area contributed by atoms with E-state index in [-0.39, 0.29) is 23.7 Å². The summed E-state index contributed by atoms with van der Waals surface area (Å²) in [5, 5.41) is 3.07. The third kappa shape index (κ3) is 5.52. The molecule has 6 heteroatoms. The monoisotopic (exact) mass is 448 g/mol. The van der Waals surface area contributed by atoms with Gasteiger partial charge in [-0.2, -0.15) is 0 Å². The van der Waals surface area contributed by atoms with Gasteiger partial charge >= 0.3 is 0 Å². The van der Waals surface area contributed by atoms with Crippen LogP contribution in [0.1, 0.15) is 29.2 Å². The van der Waals surface area contributed by atoms with Gasteiger partial charge in [0.25, 0.3) is 0 Å². The Kier molecular flexibility index (Phi) is 7.25. The van der Waals surface area contributed by atoms with E-state index in [0.29, 0.717) is 31.0 Å². The Bertz CT molecular complexity index is 1070. The van der Waals surface area contributed by atoms with Gasteiger partial charge in [0, 0.05) is 25.7 Å². The number of nitrogens with zero attached hydrogens (tertiary/aromatic N) is 1. The fourth-order valence-corrected chi connectivity index (χ4v) is 4.44. The van der Waals surface area contributed by atoms with Crippen molar-refractivity contribution in [1.29, 1.82) is 0 Å². The predicted molar refractivity (Wildman–Crippen MR) is 125 cm³/mol. The molecule has 5 nitrogen and oxygen atoms in total. The lowest BCUT2D eigenvalue weighted by Crippen LogP contribution is -2.32. The summed E-state index contributed by atoms with van der Waals surface area (Å²) in [5.41, 5.74) is 3.16. The van der Waals surface area contributed by atoms with Gasteiger partial charge < -0.3 is 14.8 Å². The summed E-state index contributed by atoms with van der Waals surface area (Å²) in [5.74, 6) is 0.907. The first-order chi connectivity index (χ1) is 16.1. The molecule has 0 aliphatic carbocycles. The highest BCUT2D eigenvalue weighted by molar-refractivity contribution is 5.79. The lowest BCUT2D eigenvalue weighted by molar-refractivity contribution is -0.124. The number of hydrogen-bond donors (Lipinski definition) is 1. The molecule has 0 unspecified atom stereocenters. The minimum atomic E-state index is -0.254. The Labute approximate surface area is 194 Å². The summed E-state index contributed by atoms with van der Waals surface area (Å²) in [6.07, 6.45) is 0.691.